The zero-order valence-corrected chi connectivity index (χ0v) is 18.3. The first-order valence-corrected chi connectivity index (χ1v) is 10.6. The minimum absolute atomic E-state index is 0.0285. The first-order chi connectivity index (χ1) is 17.2. The molecule has 0 saturated heterocycles. The summed E-state index contributed by atoms with van der Waals surface area (Å²) in [7, 11) is 0. The summed E-state index contributed by atoms with van der Waals surface area (Å²) >= 11 is 0. The molecule has 0 aliphatic carbocycles. The molecule has 2 atom stereocenters. The number of aromatic hydroxyl groups is 5. The van der Waals surface area contributed by atoms with E-state index in [2.05, 4.69) is 0 Å². The predicted molar refractivity (Wildman–Crippen MR) is 125 cm³/mol. The molecule has 10 heteroatoms. The van der Waals surface area contributed by atoms with Gasteiger partial charge in [0.1, 0.15) is 29.1 Å². The van der Waals surface area contributed by atoms with Crippen molar-refractivity contribution in [1.29, 1.82) is 0 Å². The largest absolute Gasteiger partial charge is 0.508 e. The monoisotopic (exact) mass is 490 g/mol. The van der Waals surface area contributed by atoms with Crippen LogP contribution >= 0.6 is 0 Å². The standard InChI is InChI=1S/C26H18O10/c27-14-9-20(35-22(32)10-14)23-24-21(36-25(23)13-3-6-17(29)19(31)8-13)11-15(34-26(24)33)4-1-12-2-5-16(28)18(30)7-12/h1-11,23,25,27-31H/t23-,25+/m0/s1. The number of rotatable bonds is 4. The maximum atomic E-state index is 13.1. The molecular weight excluding hydrogens is 472 g/mol. The lowest BCUT2D eigenvalue weighted by molar-refractivity contribution is 0.208. The van der Waals surface area contributed by atoms with Gasteiger partial charge in [-0.15, -0.1) is 0 Å². The molecule has 182 valence electrons. The molecule has 0 radical (unpaired) electrons. The molecule has 0 fully saturated rings. The highest BCUT2D eigenvalue weighted by Crippen LogP contribution is 2.49. The summed E-state index contributed by atoms with van der Waals surface area (Å²) < 4.78 is 16.7. The van der Waals surface area contributed by atoms with Crippen LogP contribution in [0, 0.1) is 0 Å². The van der Waals surface area contributed by atoms with Gasteiger partial charge in [-0.3, -0.25) is 0 Å². The maximum absolute atomic E-state index is 13.1. The normalized spacial score (nSPS) is 16.7. The van der Waals surface area contributed by atoms with E-state index in [0.29, 0.717) is 11.1 Å². The van der Waals surface area contributed by atoms with E-state index in [1.165, 1.54) is 48.5 Å². The van der Waals surface area contributed by atoms with Gasteiger partial charge in [0, 0.05) is 12.1 Å². The Morgan fingerprint density at radius 2 is 1.44 bits per heavy atom. The topological polar surface area (TPSA) is 171 Å². The molecule has 2 aromatic carbocycles. The maximum Gasteiger partial charge on any atom is 0.344 e. The summed E-state index contributed by atoms with van der Waals surface area (Å²) in [5.74, 6) is -2.60. The van der Waals surface area contributed by atoms with Crippen molar-refractivity contribution >= 4 is 12.2 Å². The van der Waals surface area contributed by atoms with Gasteiger partial charge in [-0.05, 0) is 41.5 Å². The molecule has 0 spiro atoms. The fraction of sp³-hybridized carbons (Fsp3) is 0.0769. The molecule has 1 aliphatic heterocycles. The van der Waals surface area contributed by atoms with Crippen molar-refractivity contribution in [3.05, 3.63) is 104 Å². The van der Waals surface area contributed by atoms with Crippen LogP contribution in [0.2, 0.25) is 0 Å². The Morgan fingerprint density at radius 1 is 0.722 bits per heavy atom. The molecule has 10 nitrogen and oxygen atoms in total. The molecule has 1 aliphatic rings. The molecule has 5 rings (SSSR count). The first kappa shape index (κ1) is 22.7. The summed E-state index contributed by atoms with van der Waals surface area (Å²) in [6.07, 6.45) is 2.02. The lowest BCUT2D eigenvalue weighted by Gasteiger charge is -2.18. The Kier molecular flexibility index (Phi) is 5.40. The van der Waals surface area contributed by atoms with Gasteiger partial charge >= 0.3 is 11.3 Å². The zero-order chi connectivity index (χ0) is 25.6. The Bertz CT molecular complexity index is 1630. The van der Waals surface area contributed by atoms with Crippen LogP contribution in [-0.2, 0) is 0 Å². The molecule has 36 heavy (non-hydrogen) atoms. The highest BCUT2D eigenvalue weighted by Gasteiger charge is 2.42. The van der Waals surface area contributed by atoms with Crippen LogP contribution in [0.25, 0.3) is 12.2 Å². The van der Waals surface area contributed by atoms with Crippen LogP contribution in [0.15, 0.2) is 73.0 Å². The quantitative estimate of drug-likeness (QED) is 0.266. The number of phenols is 4. The molecule has 4 aromatic rings. The van der Waals surface area contributed by atoms with Gasteiger partial charge in [-0.25, -0.2) is 9.59 Å². The summed E-state index contributed by atoms with van der Waals surface area (Å²) in [5, 5.41) is 48.8. The summed E-state index contributed by atoms with van der Waals surface area (Å²) in [4.78, 5) is 25.0. The fourth-order valence-corrected chi connectivity index (χ4v) is 4.04. The fourth-order valence-electron chi connectivity index (χ4n) is 4.04. The molecule has 3 heterocycles. The van der Waals surface area contributed by atoms with Crippen LogP contribution in [0.3, 0.4) is 0 Å². The molecule has 0 saturated carbocycles. The second-order valence-corrected chi connectivity index (χ2v) is 8.10. The third-order valence-corrected chi connectivity index (χ3v) is 5.69. The van der Waals surface area contributed by atoms with Crippen molar-refractivity contribution in [2.24, 2.45) is 0 Å². The van der Waals surface area contributed by atoms with Gasteiger partial charge in [0.25, 0.3) is 0 Å². The molecule has 0 unspecified atom stereocenters. The Morgan fingerprint density at radius 3 is 2.14 bits per heavy atom. The third kappa shape index (κ3) is 4.11. The molecule has 2 aromatic heterocycles. The number of ether oxygens (including phenoxy) is 1. The van der Waals surface area contributed by atoms with E-state index in [9.17, 15) is 35.1 Å². The smallest absolute Gasteiger partial charge is 0.344 e. The van der Waals surface area contributed by atoms with E-state index in [-0.39, 0.29) is 45.8 Å². The second-order valence-electron chi connectivity index (χ2n) is 8.10. The van der Waals surface area contributed by atoms with Crippen LogP contribution in [0.4, 0.5) is 0 Å². The Labute approximate surface area is 201 Å². The highest BCUT2D eigenvalue weighted by molar-refractivity contribution is 5.69. The van der Waals surface area contributed by atoms with Crippen LogP contribution in [-0.4, -0.2) is 25.5 Å². The average molecular weight is 490 g/mol. The van der Waals surface area contributed by atoms with E-state index < -0.39 is 29.0 Å². The van der Waals surface area contributed by atoms with Crippen molar-refractivity contribution in [1.82, 2.24) is 0 Å². The van der Waals surface area contributed by atoms with E-state index >= 15 is 0 Å². The number of benzene rings is 2. The van der Waals surface area contributed by atoms with E-state index in [4.69, 9.17) is 13.6 Å². The summed E-state index contributed by atoms with van der Waals surface area (Å²) in [6.45, 7) is 0. The van der Waals surface area contributed by atoms with Gasteiger partial charge in [0.15, 0.2) is 23.0 Å². The molecule has 0 amide bonds. The lowest BCUT2D eigenvalue weighted by Crippen LogP contribution is -2.17. The molecule has 5 N–H and O–H groups in total. The van der Waals surface area contributed by atoms with Gasteiger partial charge in [0.2, 0.25) is 0 Å². The predicted octanol–water partition coefficient (Wildman–Crippen LogP) is 3.56. The lowest BCUT2D eigenvalue weighted by atomic mass is 9.89. The number of phenolic OH excluding ortho intramolecular Hbond substituents is 4. The van der Waals surface area contributed by atoms with Crippen LogP contribution < -0.4 is 16.0 Å². The van der Waals surface area contributed by atoms with Crippen LogP contribution in [0.1, 0.15) is 40.2 Å². The highest BCUT2D eigenvalue weighted by atomic mass is 16.5. The molecule has 0 bridgehead atoms. The van der Waals surface area contributed by atoms with Crippen molar-refractivity contribution in [2.75, 3.05) is 0 Å². The summed E-state index contributed by atoms with van der Waals surface area (Å²) in [6, 6.07) is 11.6. The van der Waals surface area contributed by atoms with Crippen LogP contribution in [0.5, 0.6) is 34.5 Å². The second kappa shape index (κ2) is 8.58. The Balaban J connectivity index is 1.61. The summed E-state index contributed by atoms with van der Waals surface area (Å²) in [5.41, 5.74) is -0.727. The SMILES string of the molecule is O=c1cc(O)cc([C@H]2c3c(cc(C=Cc4ccc(O)c(O)c4)oc3=O)O[C@@H]2c2ccc(O)c(O)c2)o1. The van der Waals surface area contributed by atoms with Crippen molar-refractivity contribution in [3.63, 3.8) is 0 Å². The third-order valence-electron chi connectivity index (χ3n) is 5.69. The van der Waals surface area contributed by atoms with Gasteiger partial charge < -0.3 is 39.1 Å². The van der Waals surface area contributed by atoms with Crippen molar-refractivity contribution < 1.29 is 39.1 Å². The van der Waals surface area contributed by atoms with E-state index in [1.54, 1.807) is 12.1 Å². The van der Waals surface area contributed by atoms with Crippen molar-refractivity contribution in [2.45, 2.75) is 12.0 Å². The van der Waals surface area contributed by atoms with Gasteiger partial charge in [-0.1, -0.05) is 18.2 Å². The number of hydrogen-bond acceptors (Lipinski definition) is 10. The minimum Gasteiger partial charge on any atom is -0.508 e. The number of hydrogen-bond donors (Lipinski definition) is 5. The van der Waals surface area contributed by atoms with E-state index in [0.717, 1.165) is 6.07 Å². The number of fused-ring (bicyclic) bond motifs is 1. The Hall–Kier alpha value is -5.12. The first-order valence-electron chi connectivity index (χ1n) is 10.6. The average Bonchev–Trinajstić information content (AvgIpc) is 3.21. The zero-order valence-electron chi connectivity index (χ0n) is 18.3. The van der Waals surface area contributed by atoms with Crippen molar-refractivity contribution in [3.8, 4) is 34.5 Å². The van der Waals surface area contributed by atoms with E-state index in [1.807, 2.05) is 0 Å². The van der Waals surface area contributed by atoms with Gasteiger partial charge in [-0.2, -0.15) is 0 Å². The minimum atomic E-state index is -1.02. The van der Waals surface area contributed by atoms with Gasteiger partial charge in [0.05, 0.1) is 17.5 Å². The molecular formula is C26H18O10.